The second-order valence-corrected chi connectivity index (χ2v) is 10.3. The van der Waals surface area contributed by atoms with Gasteiger partial charge in [-0.05, 0) is 12.8 Å². The average Bonchev–Trinajstić information content (AvgIpc) is 3.19. The molecule has 3 aliphatic heterocycles. The zero-order valence-corrected chi connectivity index (χ0v) is 16.7. The van der Waals surface area contributed by atoms with Gasteiger partial charge in [0.25, 0.3) is 10.1 Å². The standard InChI is InChI=1S/C16H25NO7S2/c1-4-16(2,3)15(19)25-6-5-17-11(18)8-22-12-9-7-10-13(23-9)14(12)24-26(10,20)21/h9-10,12-14H,4-8H2,1-3H3,(H,17,18). The molecule has 26 heavy (non-hydrogen) atoms. The fraction of sp³-hybridized carbons (Fsp3) is 0.875. The Hall–Kier alpha value is -0.680. The number of hydrogen-bond acceptors (Lipinski definition) is 8. The van der Waals surface area contributed by atoms with Gasteiger partial charge in [0, 0.05) is 17.7 Å². The number of thioether (sulfide) groups is 1. The fourth-order valence-corrected chi connectivity index (χ4v) is 5.89. The molecule has 3 saturated heterocycles. The second kappa shape index (κ2) is 7.38. The smallest absolute Gasteiger partial charge is 0.273 e. The van der Waals surface area contributed by atoms with Crippen LogP contribution in [0.3, 0.4) is 0 Å². The molecular weight excluding hydrogens is 382 g/mol. The van der Waals surface area contributed by atoms with E-state index in [1.54, 1.807) is 0 Å². The lowest BCUT2D eigenvalue weighted by Crippen LogP contribution is -2.42. The molecule has 5 atom stereocenters. The molecule has 2 bridgehead atoms. The van der Waals surface area contributed by atoms with Crippen LogP contribution < -0.4 is 5.32 Å². The molecule has 3 heterocycles. The van der Waals surface area contributed by atoms with Gasteiger partial charge in [-0.2, -0.15) is 8.42 Å². The van der Waals surface area contributed by atoms with Crippen molar-refractivity contribution in [2.45, 2.75) is 63.3 Å². The molecule has 0 aromatic heterocycles. The Labute approximate surface area is 157 Å². The van der Waals surface area contributed by atoms with Gasteiger partial charge in [-0.25, -0.2) is 0 Å². The monoisotopic (exact) mass is 407 g/mol. The highest BCUT2D eigenvalue weighted by Crippen LogP contribution is 2.47. The van der Waals surface area contributed by atoms with Crippen LogP contribution in [0.25, 0.3) is 0 Å². The van der Waals surface area contributed by atoms with Crippen molar-refractivity contribution < 1.29 is 31.7 Å². The first kappa shape index (κ1) is 20.1. The summed E-state index contributed by atoms with van der Waals surface area (Å²) >= 11 is 1.21. The molecule has 10 heteroatoms. The summed E-state index contributed by atoms with van der Waals surface area (Å²) in [4.78, 5) is 23.9. The van der Waals surface area contributed by atoms with Gasteiger partial charge in [0.05, 0.1) is 6.10 Å². The van der Waals surface area contributed by atoms with E-state index >= 15 is 0 Å². The van der Waals surface area contributed by atoms with Crippen molar-refractivity contribution in [1.82, 2.24) is 5.32 Å². The molecule has 3 aliphatic rings. The number of amides is 1. The van der Waals surface area contributed by atoms with Crippen LogP contribution in [0.15, 0.2) is 0 Å². The van der Waals surface area contributed by atoms with Crippen LogP contribution in [-0.2, 0) is 33.4 Å². The Morgan fingerprint density at radius 1 is 1.31 bits per heavy atom. The maximum absolute atomic E-state index is 12.0. The summed E-state index contributed by atoms with van der Waals surface area (Å²) in [5.41, 5.74) is -0.362. The summed E-state index contributed by atoms with van der Waals surface area (Å²) in [5.74, 6) is 0.185. The molecule has 0 saturated carbocycles. The summed E-state index contributed by atoms with van der Waals surface area (Å²) in [6.07, 6.45) is -0.903. The van der Waals surface area contributed by atoms with Crippen LogP contribution in [-0.4, -0.2) is 68.0 Å². The van der Waals surface area contributed by atoms with Crippen LogP contribution in [0.4, 0.5) is 0 Å². The first-order chi connectivity index (χ1) is 12.2. The number of carbonyl (C=O) groups excluding carboxylic acids is 2. The van der Waals surface area contributed by atoms with Crippen molar-refractivity contribution in [3.05, 3.63) is 0 Å². The van der Waals surface area contributed by atoms with E-state index in [0.29, 0.717) is 18.7 Å². The average molecular weight is 408 g/mol. The van der Waals surface area contributed by atoms with Gasteiger partial charge in [0.15, 0.2) is 5.12 Å². The largest absolute Gasteiger partial charge is 0.368 e. The lowest BCUT2D eigenvalue weighted by Gasteiger charge is -2.22. The Morgan fingerprint density at radius 3 is 2.73 bits per heavy atom. The summed E-state index contributed by atoms with van der Waals surface area (Å²) in [7, 11) is -3.58. The maximum Gasteiger partial charge on any atom is 0.273 e. The summed E-state index contributed by atoms with van der Waals surface area (Å²) in [6.45, 7) is 5.95. The molecule has 5 unspecified atom stereocenters. The Bertz CT molecular complexity index is 678. The van der Waals surface area contributed by atoms with E-state index in [9.17, 15) is 18.0 Å². The molecule has 148 valence electrons. The maximum atomic E-state index is 12.0. The van der Waals surface area contributed by atoms with Gasteiger partial charge >= 0.3 is 0 Å². The van der Waals surface area contributed by atoms with E-state index in [1.165, 1.54) is 11.8 Å². The number of ether oxygens (including phenoxy) is 2. The van der Waals surface area contributed by atoms with Gasteiger partial charge in [-0.1, -0.05) is 32.5 Å². The Morgan fingerprint density at radius 2 is 2.04 bits per heavy atom. The number of fused-ring (bicyclic) bond motifs is 1. The van der Waals surface area contributed by atoms with Crippen LogP contribution in [0, 0.1) is 5.41 Å². The number of nitrogens with one attached hydrogen (secondary N) is 1. The quantitative estimate of drug-likeness (QED) is 0.456. The zero-order chi connectivity index (χ0) is 19.1. The third kappa shape index (κ3) is 3.80. The highest BCUT2D eigenvalue weighted by Gasteiger charge is 2.66. The van der Waals surface area contributed by atoms with Gasteiger partial charge in [-0.15, -0.1) is 0 Å². The fourth-order valence-electron chi connectivity index (χ4n) is 3.32. The third-order valence-electron chi connectivity index (χ3n) is 5.29. The minimum absolute atomic E-state index is 0.110. The van der Waals surface area contributed by atoms with E-state index < -0.39 is 33.7 Å². The van der Waals surface area contributed by atoms with Crippen molar-refractivity contribution in [3.8, 4) is 0 Å². The van der Waals surface area contributed by atoms with E-state index in [0.717, 1.165) is 6.42 Å². The van der Waals surface area contributed by atoms with Crippen LogP contribution in [0.1, 0.15) is 33.6 Å². The zero-order valence-electron chi connectivity index (χ0n) is 15.1. The third-order valence-corrected chi connectivity index (χ3v) is 8.21. The Balaban J connectivity index is 1.36. The molecule has 0 spiro atoms. The first-order valence-corrected chi connectivity index (χ1v) is 11.2. The summed E-state index contributed by atoms with van der Waals surface area (Å²) in [6, 6.07) is 0. The molecule has 0 aromatic carbocycles. The molecule has 0 aliphatic carbocycles. The van der Waals surface area contributed by atoms with Gasteiger partial charge in [0.2, 0.25) is 5.91 Å². The lowest BCUT2D eigenvalue weighted by atomic mass is 9.92. The summed E-state index contributed by atoms with van der Waals surface area (Å²) < 4.78 is 39.9. The predicted molar refractivity (Wildman–Crippen MR) is 95.1 cm³/mol. The second-order valence-electron chi connectivity index (χ2n) is 7.47. The lowest BCUT2D eigenvalue weighted by molar-refractivity contribution is -0.130. The number of carbonyl (C=O) groups is 2. The normalized spacial score (nSPS) is 34.2. The molecule has 0 radical (unpaired) electrons. The van der Waals surface area contributed by atoms with Gasteiger partial charge in [0.1, 0.15) is 30.2 Å². The number of rotatable bonds is 8. The van der Waals surface area contributed by atoms with Crippen LogP contribution in [0.2, 0.25) is 0 Å². The van der Waals surface area contributed by atoms with Crippen molar-refractivity contribution in [2.24, 2.45) is 5.41 Å². The topological polar surface area (TPSA) is 108 Å². The van der Waals surface area contributed by atoms with Crippen LogP contribution >= 0.6 is 11.8 Å². The predicted octanol–water partition coefficient (Wildman–Crippen LogP) is 0.452. The minimum Gasteiger partial charge on any atom is -0.368 e. The molecule has 1 N–H and O–H groups in total. The number of hydrogen-bond donors (Lipinski definition) is 1. The van der Waals surface area contributed by atoms with Crippen molar-refractivity contribution in [2.75, 3.05) is 18.9 Å². The molecular formula is C16H25NO7S2. The highest BCUT2D eigenvalue weighted by atomic mass is 32.2. The molecule has 3 fully saturated rings. The minimum atomic E-state index is -3.58. The Kier molecular flexibility index (Phi) is 5.70. The SMILES string of the molecule is CCC(C)(C)C(=O)SCCNC(=O)COC1C2CC3C(O2)C1OS3(=O)=O. The van der Waals surface area contributed by atoms with Gasteiger partial charge < -0.3 is 14.8 Å². The van der Waals surface area contributed by atoms with Gasteiger partial charge in [-0.3, -0.25) is 13.8 Å². The summed E-state index contributed by atoms with van der Waals surface area (Å²) in [5, 5.41) is 2.20. The molecule has 3 rings (SSSR count). The molecule has 1 amide bonds. The first-order valence-electron chi connectivity index (χ1n) is 8.79. The van der Waals surface area contributed by atoms with Crippen LogP contribution in [0.5, 0.6) is 0 Å². The molecule has 0 aromatic rings. The van der Waals surface area contributed by atoms with E-state index in [-0.39, 0.29) is 29.1 Å². The van der Waals surface area contributed by atoms with E-state index in [2.05, 4.69) is 5.32 Å². The van der Waals surface area contributed by atoms with Crippen molar-refractivity contribution in [1.29, 1.82) is 0 Å². The van der Waals surface area contributed by atoms with E-state index in [1.807, 2.05) is 20.8 Å². The molecule has 8 nitrogen and oxygen atoms in total. The van der Waals surface area contributed by atoms with Crippen molar-refractivity contribution >= 4 is 32.9 Å². The van der Waals surface area contributed by atoms with Crippen molar-refractivity contribution in [3.63, 3.8) is 0 Å². The van der Waals surface area contributed by atoms with E-state index in [4.69, 9.17) is 13.7 Å². The highest BCUT2D eigenvalue weighted by molar-refractivity contribution is 8.13.